The molecule has 146 valence electrons. The summed E-state index contributed by atoms with van der Waals surface area (Å²) < 4.78 is 32.1. The van der Waals surface area contributed by atoms with Gasteiger partial charge in [0.25, 0.3) is 0 Å². The predicted molar refractivity (Wildman–Crippen MR) is 105 cm³/mol. The monoisotopic (exact) mass is 407 g/mol. The summed E-state index contributed by atoms with van der Waals surface area (Å²) >= 11 is 2.98. The van der Waals surface area contributed by atoms with Gasteiger partial charge in [-0.1, -0.05) is 6.07 Å². The van der Waals surface area contributed by atoms with Gasteiger partial charge >= 0.3 is 6.18 Å². The van der Waals surface area contributed by atoms with Gasteiger partial charge in [0, 0.05) is 29.7 Å². The van der Waals surface area contributed by atoms with Crippen LogP contribution in [0.1, 0.15) is 5.69 Å². The highest BCUT2D eigenvalue weighted by atomic mass is 32.1. The van der Waals surface area contributed by atoms with Crippen molar-refractivity contribution in [1.29, 1.82) is 5.41 Å². The maximum absolute atomic E-state index is 10.7. The molecule has 2 heterocycles. The van der Waals surface area contributed by atoms with Crippen molar-refractivity contribution in [2.45, 2.75) is 6.18 Å². The molecule has 6 nitrogen and oxygen atoms in total. The summed E-state index contributed by atoms with van der Waals surface area (Å²) in [5, 5.41) is 16.9. The number of hydrogen-bond donors (Lipinski definition) is 4. The van der Waals surface area contributed by atoms with Gasteiger partial charge in [-0.05, 0) is 23.8 Å². The van der Waals surface area contributed by atoms with Gasteiger partial charge in [0.1, 0.15) is 5.75 Å². The maximum Gasteiger partial charge on any atom is 0.397 e. The normalized spacial score (nSPS) is 11.6. The first-order chi connectivity index (χ1) is 13.3. The lowest BCUT2D eigenvalue weighted by Crippen LogP contribution is -2.07. The van der Waals surface area contributed by atoms with Crippen LogP contribution in [0.15, 0.2) is 49.1 Å². The summed E-state index contributed by atoms with van der Waals surface area (Å²) in [7, 11) is 0. The Kier molecular flexibility index (Phi) is 6.94. The Balaban J connectivity index is 0.000000409. The molecule has 0 unspecified atom stereocenters. The fraction of sp³-hybridized carbons (Fsp3) is 0.111. The van der Waals surface area contributed by atoms with Crippen LogP contribution in [0.3, 0.4) is 0 Å². The number of nitrogens with two attached hydrogens (primary N) is 1. The molecule has 2 aromatic heterocycles. The van der Waals surface area contributed by atoms with Crippen LogP contribution in [0, 0.1) is 5.41 Å². The zero-order valence-corrected chi connectivity index (χ0v) is 15.2. The molecular formula is C18H16F3N5OS. The quantitative estimate of drug-likeness (QED) is 0.390. The van der Waals surface area contributed by atoms with Crippen molar-refractivity contribution in [2.75, 3.05) is 5.75 Å². The van der Waals surface area contributed by atoms with E-state index in [0.29, 0.717) is 16.8 Å². The molecule has 4 N–H and O–H groups in total. The van der Waals surface area contributed by atoms with Crippen molar-refractivity contribution in [3.8, 4) is 16.9 Å². The molecule has 3 rings (SSSR count). The van der Waals surface area contributed by atoms with E-state index in [9.17, 15) is 18.3 Å². The van der Waals surface area contributed by atoms with Crippen LogP contribution in [0.5, 0.6) is 5.75 Å². The molecule has 0 saturated carbocycles. The minimum atomic E-state index is -4.09. The van der Waals surface area contributed by atoms with E-state index in [4.69, 9.17) is 11.1 Å². The summed E-state index contributed by atoms with van der Waals surface area (Å²) in [6.45, 7) is 0. The Bertz CT molecular complexity index is 1010. The highest BCUT2D eigenvalue weighted by Crippen LogP contribution is 2.25. The number of benzene rings is 1. The predicted octanol–water partition coefficient (Wildman–Crippen LogP) is 3.83. The molecule has 0 saturated heterocycles. The zero-order valence-electron chi connectivity index (χ0n) is 14.4. The molecule has 10 heteroatoms. The molecule has 0 atom stereocenters. The fourth-order valence-electron chi connectivity index (χ4n) is 2.12. The van der Waals surface area contributed by atoms with Crippen LogP contribution >= 0.6 is 12.6 Å². The smallest absolute Gasteiger partial charge is 0.397 e. The van der Waals surface area contributed by atoms with Crippen molar-refractivity contribution >= 4 is 35.4 Å². The number of rotatable bonds is 3. The molecule has 0 amide bonds. The minimum Gasteiger partial charge on any atom is -0.506 e. The van der Waals surface area contributed by atoms with E-state index >= 15 is 0 Å². The number of thiol groups is 1. The number of nitrogens with one attached hydrogen (secondary N) is 1. The number of pyridine rings is 1. The Labute approximate surface area is 163 Å². The second-order valence-corrected chi connectivity index (χ2v) is 5.75. The molecule has 3 aromatic rings. The van der Waals surface area contributed by atoms with Crippen molar-refractivity contribution in [1.82, 2.24) is 15.0 Å². The lowest BCUT2D eigenvalue weighted by molar-refractivity contribution is -0.104. The molecule has 0 fully saturated rings. The third-order valence-corrected chi connectivity index (χ3v) is 3.77. The van der Waals surface area contributed by atoms with Gasteiger partial charge in [0.2, 0.25) is 0 Å². The zero-order chi connectivity index (χ0) is 20.7. The van der Waals surface area contributed by atoms with Gasteiger partial charge in [-0.3, -0.25) is 9.97 Å². The van der Waals surface area contributed by atoms with Gasteiger partial charge in [0.15, 0.2) is 0 Å². The van der Waals surface area contributed by atoms with Crippen molar-refractivity contribution in [3.63, 3.8) is 0 Å². The van der Waals surface area contributed by atoms with Crippen LogP contribution in [-0.2, 0) is 0 Å². The van der Waals surface area contributed by atoms with E-state index in [1.807, 2.05) is 18.2 Å². The van der Waals surface area contributed by atoms with E-state index in [-0.39, 0.29) is 5.75 Å². The van der Waals surface area contributed by atoms with E-state index in [1.54, 1.807) is 18.5 Å². The molecule has 0 bridgehead atoms. The SMILES string of the molecule is FC(F)(F)CS.N=C/C(=C\N)c1cnc2ccc(-c3cncc(O)c3)cc2n1. The van der Waals surface area contributed by atoms with Gasteiger partial charge < -0.3 is 16.2 Å². The lowest BCUT2D eigenvalue weighted by atomic mass is 10.1. The van der Waals surface area contributed by atoms with Crippen molar-refractivity contribution in [3.05, 3.63) is 54.7 Å². The molecular weight excluding hydrogens is 391 g/mol. The number of aromatic hydroxyl groups is 1. The summed E-state index contributed by atoms with van der Waals surface area (Å²) in [6, 6.07) is 7.24. The second-order valence-electron chi connectivity index (χ2n) is 5.43. The van der Waals surface area contributed by atoms with E-state index in [1.165, 1.54) is 12.4 Å². The van der Waals surface area contributed by atoms with Crippen LogP contribution < -0.4 is 5.73 Å². The number of hydrogen-bond acceptors (Lipinski definition) is 7. The number of allylic oxidation sites excluding steroid dienone is 1. The van der Waals surface area contributed by atoms with Gasteiger partial charge in [-0.15, -0.1) is 0 Å². The number of alkyl halides is 3. The first kappa shape index (κ1) is 21.2. The Morgan fingerprint density at radius 1 is 1.14 bits per heavy atom. The van der Waals surface area contributed by atoms with Crippen molar-refractivity contribution in [2.24, 2.45) is 5.73 Å². The molecule has 1 aromatic carbocycles. The topological polar surface area (TPSA) is 109 Å². The highest BCUT2D eigenvalue weighted by Gasteiger charge is 2.23. The minimum absolute atomic E-state index is 0.106. The van der Waals surface area contributed by atoms with Gasteiger partial charge in [-0.25, -0.2) is 4.98 Å². The third-order valence-electron chi connectivity index (χ3n) is 3.41. The maximum atomic E-state index is 10.7. The fourth-order valence-corrected chi connectivity index (χ4v) is 2.12. The largest absolute Gasteiger partial charge is 0.506 e. The van der Waals surface area contributed by atoms with E-state index in [0.717, 1.165) is 22.9 Å². The number of halogens is 3. The average Bonchev–Trinajstić information content (AvgIpc) is 2.68. The Morgan fingerprint density at radius 2 is 1.86 bits per heavy atom. The Hall–Kier alpha value is -3.14. The van der Waals surface area contributed by atoms with E-state index < -0.39 is 11.9 Å². The molecule has 0 aliphatic heterocycles. The highest BCUT2D eigenvalue weighted by molar-refractivity contribution is 7.80. The standard InChI is InChI=1S/C16H13N5O.C2H3F3S/c17-5-12(6-18)16-9-20-14-2-1-10(4-15(14)21-16)11-3-13(22)8-19-7-11;3-2(4,5)1-6/h1-9,17,22H,18H2;6H,1H2/b12-6+,17-5?;. The molecule has 0 aliphatic carbocycles. The first-order valence-electron chi connectivity index (χ1n) is 7.79. The summed E-state index contributed by atoms with van der Waals surface area (Å²) in [4.78, 5) is 12.8. The summed E-state index contributed by atoms with van der Waals surface area (Å²) in [6.07, 6.45) is 3.00. The van der Waals surface area contributed by atoms with Crippen LogP contribution in [-0.4, -0.2) is 38.2 Å². The van der Waals surface area contributed by atoms with E-state index in [2.05, 4.69) is 27.6 Å². The summed E-state index contributed by atoms with van der Waals surface area (Å²) in [5.41, 5.74) is 9.59. The average molecular weight is 407 g/mol. The first-order valence-corrected chi connectivity index (χ1v) is 8.42. The molecule has 0 radical (unpaired) electrons. The molecule has 0 spiro atoms. The number of fused-ring (bicyclic) bond motifs is 1. The second kappa shape index (κ2) is 9.18. The van der Waals surface area contributed by atoms with Crippen LogP contribution in [0.25, 0.3) is 27.7 Å². The van der Waals surface area contributed by atoms with Crippen molar-refractivity contribution < 1.29 is 18.3 Å². The number of nitrogens with zero attached hydrogens (tertiary/aromatic N) is 3. The number of aromatic nitrogens is 3. The van der Waals surface area contributed by atoms with Gasteiger partial charge in [-0.2, -0.15) is 25.8 Å². The Morgan fingerprint density at radius 3 is 2.43 bits per heavy atom. The van der Waals surface area contributed by atoms with Crippen LogP contribution in [0.4, 0.5) is 13.2 Å². The van der Waals surface area contributed by atoms with Crippen LogP contribution in [0.2, 0.25) is 0 Å². The lowest BCUT2D eigenvalue weighted by Gasteiger charge is -2.05. The summed E-state index contributed by atoms with van der Waals surface area (Å²) in [5.74, 6) is -0.929. The molecule has 0 aliphatic rings. The third kappa shape index (κ3) is 5.68. The van der Waals surface area contributed by atoms with Gasteiger partial charge in [0.05, 0.1) is 34.9 Å². The molecule has 28 heavy (non-hydrogen) atoms.